The Morgan fingerprint density at radius 3 is 2.71 bits per heavy atom. The van der Waals surface area contributed by atoms with Gasteiger partial charge in [-0.2, -0.15) is 0 Å². The first kappa shape index (κ1) is 11.1. The summed E-state index contributed by atoms with van der Waals surface area (Å²) in [6, 6.07) is 0. The second kappa shape index (κ2) is 5.05. The standard InChI is InChI=1S/C9H15N3OS/c1-4-6(3)8(13)10-9-12-11-7(5-2)14-9/h6H,4-5H2,1-3H3,(H,10,12,13). The average molecular weight is 213 g/mol. The number of nitrogens with zero attached hydrogens (tertiary/aromatic N) is 2. The molecule has 0 saturated heterocycles. The zero-order valence-electron chi connectivity index (χ0n) is 8.70. The molecule has 1 atom stereocenters. The molecule has 1 aromatic heterocycles. The van der Waals surface area contributed by atoms with Crippen molar-refractivity contribution in [1.82, 2.24) is 10.2 Å². The van der Waals surface area contributed by atoms with Crippen molar-refractivity contribution in [1.29, 1.82) is 0 Å². The van der Waals surface area contributed by atoms with E-state index in [4.69, 9.17) is 0 Å². The summed E-state index contributed by atoms with van der Waals surface area (Å²) in [5, 5.41) is 12.1. The highest BCUT2D eigenvalue weighted by molar-refractivity contribution is 7.15. The lowest BCUT2D eigenvalue weighted by molar-refractivity contribution is -0.119. The van der Waals surface area contributed by atoms with Crippen LogP contribution < -0.4 is 5.32 Å². The lowest BCUT2D eigenvalue weighted by Crippen LogP contribution is -2.19. The van der Waals surface area contributed by atoms with Crippen molar-refractivity contribution in [2.24, 2.45) is 5.92 Å². The minimum absolute atomic E-state index is 0.0197. The van der Waals surface area contributed by atoms with E-state index < -0.39 is 0 Å². The van der Waals surface area contributed by atoms with Gasteiger partial charge < -0.3 is 5.32 Å². The van der Waals surface area contributed by atoms with Gasteiger partial charge in [0.2, 0.25) is 11.0 Å². The lowest BCUT2D eigenvalue weighted by Gasteiger charge is -2.05. The van der Waals surface area contributed by atoms with E-state index in [0.717, 1.165) is 17.8 Å². The molecule has 0 aliphatic carbocycles. The van der Waals surface area contributed by atoms with Crippen LogP contribution in [0.15, 0.2) is 0 Å². The van der Waals surface area contributed by atoms with Crippen LogP contribution in [0.4, 0.5) is 5.13 Å². The first-order valence-corrected chi connectivity index (χ1v) is 5.62. The Morgan fingerprint density at radius 2 is 2.21 bits per heavy atom. The summed E-state index contributed by atoms with van der Waals surface area (Å²) < 4.78 is 0. The van der Waals surface area contributed by atoms with E-state index in [1.807, 2.05) is 20.8 Å². The van der Waals surface area contributed by atoms with Gasteiger partial charge in [-0.15, -0.1) is 10.2 Å². The van der Waals surface area contributed by atoms with Gasteiger partial charge in [0.05, 0.1) is 0 Å². The number of hydrogen-bond acceptors (Lipinski definition) is 4. The van der Waals surface area contributed by atoms with Crippen molar-refractivity contribution in [3.05, 3.63) is 5.01 Å². The summed E-state index contributed by atoms with van der Waals surface area (Å²) in [6.45, 7) is 5.90. The Kier molecular flexibility index (Phi) is 4.00. The first-order chi connectivity index (χ1) is 6.67. The van der Waals surface area contributed by atoms with Gasteiger partial charge in [-0.25, -0.2) is 0 Å². The molecule has 78 valence electrons. The Morgan fingerprint density at radius 1 is 1.50 bits per heavy atom. The number of aryl methyl sites for hydroxylation is 1. The van der Waals surface area contributed by atoms with Crippen molar-refractivity contribution in [2.45, 2.75) is 33.6 Å². The molecule has 1 N–H and O–H groups in total. The molecule has 1 rings (SSSR count). The maximum Gasteiger partial charge on any atom is 0.229 e. The summed E-state index contributed by atoms with van der Waals surface area (Å²) >= 11 is 1.43. The minimum atomic E-state index is 0.0197. The third kappa shape index (κ3) is 2.77. The van der Waals surface area contributed by atoms with Crippen LogP contribution >= 0.6 is 11.3 Å². The van der Waals surface area contributed by atoms with Crippen LogP contribution in [-0.2, 0) is 11.2 Å². The molecule has 1 aromatic rings. The number of nitrogens with one attached hydrogen (secondary N) is 1. The molecular weight excluding hydrogens is 198 g/mol. The number of carbonyl (C=O) groups excluding carboxylic acids is 1. The summed E-state index contributed by atoms with van der Waals surface area (Å²) in [6.07, 6.45) is 1.70. The SMILES string of the molecule is CCc1nnc(NC(=O)C(C)CC)s1. The highest BCUT2D eigenvalue weighted by Crippen LogP contribution is 2.16. The van der Waals surface area contributed by atoms with Crippen molar-refractivity contribution < 1.29 is 4.79 Å². The number of rotatable bonds is 4. The van der Waals surface area contributed by atoms with Crippen LogP contribution in [0, 0.1) is 5.92 Å². The molecule has 0 radical (unpaired) electrons. The molecule has 0 fully saturated rings. The Balaban J connectivity index is 2.56. The summed E-state index contributed by atoms with van der Waals surface area (Å²) in [7, 11) is 0. The third-order valence-corrected chi connectivity index (χ3v) is 3.04. The number of aromatic nitrogens is 2. The van der Waals surface area contributed by atoms with E-state index in [-0.39, 0.29) is 11.8 Å². The van der Waals surface area contributed by atoms with Crippen LogP contribution in [0.25, 0.3) is 0 Å². The number of carbonyl (C=O) groups is 1. The van der Waals surface area contributed by atoms with E-state index in [1.54, 1.807) is 0 Å². The number of hydrogen-bond donors (Lipinski definition) is 1. The van der Waals surface area contributed by atoms with Crippen molar-refractivity contribution in [3.63, 3.8) is 0 Å². The van der Waals surface area contributed by atoms with E-state index in [2.05, 4.69) is 15.5 Å². The van der Waals surface area contributed by atoms with Gasteiger partial charge in [-0.1, -0.05) is 32.1 Å². The second-order valence-electron chi connectivity index (χ2n) is 3.15. The van der Waals surface area contributed by atoms with E-state index in [9.17, 15) is 4.79 Å². The molecule has 1 amide bonds. The molecule has 1 unspecified atom stereocenters. The topological polar surface area (TPSA) is 54.9 Å². The number of amides is 1. The second-order valence-corrected chi connectivity index (χ2v) is 4.22. The predicted octanol–water partition coefficient (Wildman–Crippen LogP) is 2.09. The van der Waals surface area contributed by atoms with Crippen molar-refractivity contribution in [3.8, 4) is 0 Å². The molecule has 0 spiro atoms. The van der Waals surface area contributed by atoms with Gasteiger partial charge in [-0.05, 0) is 12.8 Å². The smallest absolute Gasteiger partial charge is 0.229 e. The first-order valence-electron chi connectivity index (χ1n) is 4.80. The minimum Gasteiger partial charge on any atom is -0.300 e. The fraction of sp³-hybridized carbons (Fsp3) is 0.667. The van der Waals surface area contributed by atoms with E-state index >= 15 is 0 Å². The van der Waals surface area contributed by atoms with Gasteiger partial charge in [0.25, 0.3) is 0 Å². The number of anilines is 1. The fourth-order valence-corrected chi connectivity index (χ4v) is 1.54. The largest absolute Gasteiger partial charge is 0.300 e. The highest BCUT2D eigenvalue weighted by atomic mass is 32.1. The zero-order valence-corrected chi connectivity index (χ0v) is 9.52. The molecular formula is C9H15N3OS. The maximum atomic E-state index is 11.5. The maximum absolute atomic E-state index is 11.5. The molecule has 14 heavy (non-hydrogen) atoms. The van der Waals surface area contributed by atoms with Gasteiger partial charge in [-0.3, -0.25) is 4.79 Å². The quantitative estimate of drug-likeness (QED) is 0.833. The molecule has 4 nitrogen and oxygen atoms in total. The van der Waals surface area contributed by atoms with Crippen molar-refractivity contribution >= 4 is 22.4 Å². The van der Waals surface area contributed by atoms with Gasteiger partial charge in [0.1, 0.15) is 5.01 Å². The molecule has 0 aliphatic rings. The monoisotopic (exact) mass is 213 g/mol. The van der Waals surface area contributed by atoms with Crippen LogP contribution in [0.1, 0.15) is 32.2 Å². The van der Waals surface area contributed by atoms with Crippen LogP contribution in [0.5, 0.6) is 0 Å². The Labute approximate surface area is 87.7 Å². The third-order valence-electron chi connectivity index (χ3n) is 2.06. The van der Waals surface area contributed by atoms with Gasteiger partial charge in [0, 0.05) is 5.92 Å². The average Bonchev–Trinajstić information content (AvgIpc) is 2.64. The Hall–Kier alpha value is -0.970. The van der Waals surface area contributed by atoms with E-state index in [1.165, 1.54) is 11.3 Å². The lowest BCUT2D eigenvalue weighted by atomic mass is 10.1. The van der Waals surface area contributed by atoms with E-state index in [0.29, 0.717) is 5.13 Å². The highest BCUT2D eigenvalue weighted by Gasteiger charge is 2.12. The Bertz CT molecular complexity index is 311. The summed E-state index contributed by atoms with van der Waals surface area (Å²) in [4.78, 5) is 11.5. The fourth-order valence-electron chi connectivity index (χ4n) is 0.861. The summed E-state index contributed by atoms with van der Waals surface area (Å²) in [5.41, 5.74) is 0. The molecule has 1 heterocycles. The zero-order chi connectivity index (χ0) is 10.6. The van der Waals surface area contributed by atoms with Gasteiger partial charge >= 0.3 is 0 Å². The normalized spacial score (nSPS) is 12.5. The predicted molar refractivity (Wildman–Crippen MR) is 57.4 cm³/mol. The molecule has 0 aromatic carbocycles. The molecule has 0 saturated carbocycles. The van der Waals surface area contributed by atoms with Crippen LogP contribution in [0.2, 0.25) is 0 Å². The van der Waals surface area contributed by atoms with Gasteiger partial charge in [0.15, 0.2) is 0 Å². The van der Waals surface area contributed by atoms with Crippen LogP contribution in [-0.4, -0.2) is 16.1 Å². The summed E-state index contributed by atoms with van der Waals surface area (Å²) in [5.74, 6) is 0.0512. The van der Waals surface area contributed by atoms with Crippen molar-refractivity contribution in [2.75, 3.05) is 5.32 Å². The molecule has 0 aliphatic heterocycles. The van der Waals surface area contributed by atoms with Crippen LogP contribution in [0.3, 0.4) is 0 Å². The molecule has 5 heteroatoms. The molecule has 0 bridgehead atoms.